The van der Waals surface area contributed by atoms with E-state index in [1.54, 1.807) is 4.68 Å². The van der Waals surface area contributed by atoms with E-state index in [0.29, 0.717) is 10.6 Å². The van der Waals surface area contributed by atoms with Crippen LogP contribution >= 0.6 is 11.3 Å². The number of carbonyl (C=O) groups excluding carboxylic acids is 2. The van der Waals surface area contributed by atoms with Gasteiger partial charge in [0.1, 0.15) is 16.3 Å². The van der Waals surface area contributed by atoms with Crippen molar-refractivity contribution >= 4 is 39.1 Å². The van der Waals surface area contributed by atoms with Crippen molar-refractivity contribution < 1.29 is 14.3 Å². The van der Waals surface area contributed by atoms with Gasteiger partial charge in [-0.15, -0.1) is 11.3 Å². The highest BCUT2D eigenvalue weighted by Crippen LogP contribution is 2.35. The zero-order valence-electron chi connectivity index (χ0n) is 11.8. The SMILES string of the molecule is Cc1nn(C)c2sc(C(=O)NCCOCC(N)=O)c(N)c12. The second-order valence-electron chi connectivity index (χ2n) is 4.51. The molecule has 0 bridgehead atoms. The molecule has 2 aromatic rings. The maximum atomic E-state index is 12.1. The first-order valence-electron chi connectivity index (χ1n) is 6.27. The summed E-state index contributed by atoms with van der Waals surface area (Å²) in [6.07, 6.45) is 0. The lowest BCUT2D eigenvalue weighted by Gasteiger charge is -2.04. The number of nitrogens with zero attached hydrogens (tertiary/aromatic N) is 2. The van der Waals surface area contributed by atoms with Gasteiger partial charge >= 0.3 is 0 Å². The summed E-state index contributed by atoms with van der Waals surface area (Å²) >= 11 is 1.30. The first-order chi connectivity index (χ1) is 9.91. The van der Waals surface area contributed by atoms with Crippen LogP contribution in [0.2, 0.25) is 0 Å². The summed E-state index contributed by atoms with van der Waals surface area (Å²) in [5, 5.41) is 7.77. The molecule has 5 N–H and O–H groups in total. The van der Waals surface area contributed by atoms with Crippen LogP contribution in [0.15, 0.2) is 0 Å². The van der Waals surface area contributed by atoms with Gasteiger partial charge in [0.25, 0.3) is 5.91 Å². The van der Waals surface area contributed by atoms with Crippen LogP contribution in [0.5, 0.6) is 0 Å². The van der Waals surface area contributed by atoms with Crippen molar-refractivity contribution in [3.05, 3.63) is 10.6 Å². The Balaban J connectivity index is 2.01. The Kier molecular flexibility index (Phi) is 4.43. The summed E-state index contributed by atoms with van der Waals surface area (Å²) in [7, 11) is 1.81. The maximum Gasteiger partial charge on any atom is 0.263 e. The Bertz CT molecular complexity index is 691. The molecule has 0 saturated carbocycles. The number of anilines is 1. The van der Waals surface area contributed by atoms with Crippen LogP contribution in [0.3, 0.4) is 0 Å². The lowest BCUT2D eigenvalue weighted by Crippen LogP contribution is -2.28. The van der Waals surface area contributed by atoms with Crippen molar-refractivity contribution in [3.8, 4) is 0 Å². The molecular weight excluding hydrogens is 294 g/mol. The minimum Gasteiger partial charge on any atom is -0.397 e. The smallest absolute Gasteiger partial charge is 0.263 e. The van der Waals surface area contributed by atoms with E-state index in [-0.39, 0.29) is 25.7 Å². The Hall–Kier alpha value is -2.13. The average molecular weight is 311 g/mol. The first kappa shape index (κ1) is 15.3. The summed E-state index contributed by atoms with van der Waals surface area (Å²) in [6, 6.07) is 0. The van der Waals surface area contributed by atoms with Crippen LogP contribution in [0.1, 0.15) is 15.4 Å². The minimum absolute atomic E-state index is 0.161. The molecule has 0 aromatic carbocycles. The zero-order chi connectivity index (χ0) is 15.6. The van der Waals surface area contributed by atoms with Gasteiger partial charge in [0.15, 0.2) is 0 Å². The van der Waals surface area contributed by atoms with Crippen LogP contribution < -0.4 is 16.8 Å². The molecule has 21 heavy (non-hydrogen) atoms. The second-order valence-corrected chi connectivity index (χ2v) is 5.51. The minimum atomic E-state index is -0.543. The molecule has 0 aliphatic rings. The quantitative estimate of drug-likeness (QED) is 0.635. The van der Waals surface area contributed by atoms with Crippen LogP contribution in [0.4, 0.5) is 5.69 Å². The topological polar surface area (TPSA) is 125 Å². The number of nitrogens with one attached hydrogen (secondary N) is 1. The Morgan fingerprint density at radius 2 is 2.19 bits per heavy atom. The molecule has 2 aromatic heterocycles. The van der Waals surface area contributed by atoms with E-state index in [2.05, 4.69) is 10.4 Å². The normalized spacial score (nSPS) is 11.0. The zero-order valence-corrected chi connectivity index (χ0v) is 12.6. The van der Waals surface area contributed by atoms with Gasteiger partial charge in [0.2, 0.25) is 5.91 Å². The lowest BCUT2D eigenvalue weighted by atomic mass is 10.2. The van der Waals surface area contributed by atoms with E-state index in [1.807, 2.05) is 14.0 Å². The number of hydrogen-bond acceptors (Lipinski definition) is 6. The van der Waals surface area contributed by atoms with Gasteiger partial charge in [-0.2, -0.15) is 5.10 Å². The third kappa shape index (κ3) is 3.14. The van der Waals surface area contributed by atoms with Crippen molar-refractivity contribution in [2.75, 3.05) is 25.5 Å². The highest BCUT2D eigenvalue weighted by Gasteiger charge is 2.20. The third-order valence-electron chi connectivity index (χ3n) is 2.86. The molecule has 2 amide bonds. The molecule has 0 saturated heterocycles. The Morgan fingerprint density at radius 1 is 1.48 bits per heavy atom. The monoisotopic (exact) mass is 311 g/mol. The van der Waals surface area contributed by atoms with Crippen molar-refractivity contribution in [1.82, 2.24) is 15.1 Å². The molecule has 114 valence electrons. The molecule has 0 spiro atoms. The molecule has 2 rings (SSSR count). The number of aromatic nitrogens is 2. The van der Waals surface area contributed by atoms with Crippen molar-refractivity contribution in [3.63, 3.8) is 0 Å². The molecule has 0 aliphatic carbocycles. The molecule has 0 atom stereocenters. The van der Waals surface area contributed by atoms with Gasteiger partial charge in [0.05, 0.1) is 23.4 Å². The summed E-state index contributed by atoms with van der Waals surface area (Å²) < 4.78 is 6.67. The molecule has 0 fully saturated rings. The molecule has 0 aliphatic heterocycles. The van der Waals surface area contributed by atoms with Gasteiger partial charge in [0, 0.05) is 13.6 Å². The molecule has 2 heterocycles. The molecule has 0 unspecified atom stereocenters. The molecular formula is C12H17N5O3S. The van der Waals surface area contributed by atoms with Crippen LogP contribution in [0.25, 0.3) is 10.2 Å². The van der Waals surface area contributed by atoms with Crippen LogP contribution in [0, 0.1) is 6.92 Å². The van der Waals surface area contributed by atoms with Crippen molar-refractivity contribution in [2.45, 2.75) is 6.92 Å². The lowest BCUT2D eigenvalue weighted by molar-refractivity contribution is -0.122. The fraction of sp³-hybridized carbons (Fsp3) is 0.417. The second kappa shape index (κ2) is 6.10. The molecule has 8 nitrogen and oxygen atoms in total. The number of amides is 2. The standard InChI is InChI=1S/C12H17N5O3S/c1-6-8-9(14)10(21-12(8)17(2)16-6)11(19)15-3-4-20-5-7(13)18/h3-5,14H2,1-2H3,(H2,13,18)(H,15,19). The van der Waals surface area contributed by atoms with E-state index >= 15 is 0 Å². The molecule has 0 radical (unpaired) electrons. The highest BCUT2D eigenvalue weighted by molar-refractivity contribution is 7.21. The number of hydrogen-bond donors (Lipinski definition) is 3. The number of nitrogen functional groups attached to an aromatic ring is 1. The Labute approximate surface area is 125 Å². The van der Waals surface area contributed by atoms with Gasteiger partial charge in [-0.05, 0) is 6.92 Å². The van der Waals surface area contributed by atoms with E-state index in [4.69, 9.17) is 16.2 Å². The fourth-order valence-electron chi connectivity index (χ4n) is 1.99. The van der Waals surface area contributed by atoms with E-state index in [1.165, 1.54) is 11.3 Å². The number of fused-ring (bicyclic) bond motifs is 1. The van der Waals surface area contributed by atoms with Gasteiger partial charge < -0.3 is 21.5 Å². The summed E-state index contributed by atoms with van der Waals surface area (Å²) in [5.74, 6) is -0.811. The number of nitrogens with two attached hydrogens (primary N) is 2. The molecule has 9 heteroatoms. The van der Waals surface area contributed by atoms with E-state index < -0.39 is 5.91 Å². The average Bonchev–Trinajstić information content (AvgIpc) is 2.88. The number of rotatable bonds is 6. The summed E-state index contributed by atoms with van der Waals surface area (Å²) in [6.45, 7) is 2.17. The van der Waals surface area contributed by atoms with Crippen molar-refractivity contribution in [1.29, 1.82) is 0 Å². The first-order valence-corrected chi connectivity index (χ1v) is 7.09. The van der Waals surface area contributed by atoms with Crippen LogP contribution in [-0.4, -0.2) is 41.4 Å². The predicted molar refractivity (Wildman–Crippen MR) is 80.1 cm³/mol. The maximum absolute atomic E-state index is 12.1. The van der Waals surface area contributed by atoms with Crippen molar-refractivity contribution in [2.24, 2.45) is 12.8 Å². The number of thiophene rings is 1. The number of aryl methyl sites for hydroxylation is 2. The summed E-state index contributed by atoms with van der Waals surface area (Å²) in [5.41, 5.74) is 12.2. The summed E-state index contributed by atoms with van der Waals surface area (Å²) in [4.78, 5) is 23.9. The number of ether oxygens (including phenoxy) is 1. The largest absolute Gasteiger partial charge is 0.397 e. The van der Waals surface area contributed by atoms with E-state index in [9.17, 15) is 9.59 Å². The van der Waals surface area contributed by atoms with Gasteiger partial charge in [-0.3, -0.25) is 14.3 Å². The Morgan fingerprint density at radius 3 is 2.81 bits per heavy atom. The fourth-order valence-corrected chi connectivity index (χ4v) is 3.09. The number of carbonyl (C=O) groups is 2. The van der Waals surface area contributed by atoms with Crippen LogP contribution in [-0.2, 0) is 16.6 Å². The third-order valence-corrected chi connectivity index (χ3v) is 4.14. The predicted octanol–water partition coefficient (Wildman–Crippen LogP) is -0.243. The van der Waals surface area contributed by atoms with Gasteiger partial charge in [-0.25, -0.2) is 0 Å². The highest BCUT2D eigenvalue weighted by atomic mass is 32.1. The van der Waals surface area contributed by atoms with Gasteiger partial charge in [-0.1, -0.05) is 0 Å². The van der Waals surface area contributed by atoms with E-state index in [0.717, 1.165) is 15.9 Å². The number of primary amides is 1.